The summed E-state index contributed by atoms with van der Waals surface area (Å²) in [6.45, 7) is 3.68. The number of thioether (sulfide) groups is 1. The first kappa shape index (κ1) is 19.8. The Hall–Kier alpha value is -2.48. The van der Waals surface area contributed by atoms with Gasteiger partial charge in [0, 0.05) is 51.3 Å². The second-order valence-electron chi connectivity index (χ2n) is 6.19. The number of amides is 2. The molecule has 1 fully saturated rings. The number of aromatic nitrogens is 1. The highest BCUT2D eigenvalue weighted by molar-refractivity contribution is 8.14. The van der Waals surface area contributed by atoms with Crippen LogP contribution >= 0.6 is 11.8 Å². The fourth-order valence-corrected chi connectivity index (χ4v) is 3.46. The predicted molar refractivity (Wildman–Crippen MR) is 106 cm³/mol. The Kier molecular flexibility index (Phi) is 7.08. The molecule has 0 unspecified atom stereocenters. The molecule has 26 heavy (non-hydrogen) atoms. The first-order chi connectivity index (χ1) is 12.4. The Morgan fingerprint density at radius 3 is 2.62 bits per heavy atom. The van der Waals surface area contributed by atoms with Crippen LogP contribution in [0.3, 0.4) is 0 Å². The van der Waals surface area contributed by atoms with E-state index in [4.69, 9.17) is 5.73 Å². The van der Waals surface area contributed by atoms with Gasteiger partial charge >= 0.3 is 6.03 Å². The third kappa shape index (κ3) is 5.80. The van der Waals surface area contributed by atoms with Crippen molar-refractivity contribution >= 4 is 28.6 Å². The van der Waals surface area contributed by atoms with Gasteiger partial charge in [-0.15, -0.1) is 0 Å². The van der Waals surface area contributed by atoms with Gasteiger partial charge in [0.05, 0.1) is 18.4 Å². The molecule has 0 aromatic carbocycles. The second-order valence-corrected chi connectivity index (χ2v) is 7.66. The normalized spacial score (nSPS) is 16.2. The number of likely N-dealkylation sites (tertiary alicyclic amines) is 1. The molecule has 2 amide bonds. The van der Waals surface area contributed by atoms with Crippen molar-refractivity contribution in [2.24, 2.45) is 5.73 Å². The van der Waals surface area contributed by atoms with E-state index in [1.807, 2.05) is 36.4 Å². The van der Waals surface area contributed by atoms with E-state index in [2.05, 4.69) is 4.98 Å². The zero-order valence-electron chi connectivity index (χ0n) is 15.3. The van der Waals surface area contributed by atoms with Crippen molar-refractivity contribution < 1.29 is 9.59 Å². The first-order valence-corrected chi connectivity index (χ1v) is 9.17. The summed E-state index contributed by atoms with van der Waals surface area (Å²) in [6.07, 6.45) is 9.18. The lowest BCUT2D eigenvalue weighted by Crippen LogP contribution is -2.56. The van der Waals surface area contributed by atoms with Gasteiger partial charge in [-0.1, -0.05) is 11.8 Å². The standard InChI is InChI=1S/C12H15N3O2S.C6H10N2/c1-9(16)18-11-7-15(8-11)12(17)14(2)10-4-3-5-13-6-10;1-8-4-2-3-6(7)5-8/h3-6,11H,7-8H2,1-2H3;2-4H,5,7H2,1H3. The minimum Gasteiger partial charge on any atom is -0.401 e. The van der Waals surface area contributed by atoms with Crippen LogP contribution in [0.5, 0.6) is 0 Å². The van der Waals surface area contributed by atoms with Crippen LogP contribution in [0, 0.1) is 0 Å². The lowest BCUT2D eigenvalue weighted by molar-refractivity contribution is -0.109. The van der Waals surface area contributed by atoms with Crippen LogP contribution in [-0.2, 0) is 4.79 Å². The smallest absolute Gasteiger partial charge is 0.324 e. The van der Waals surface area contributed by atoms with Gasteiger partial charge in [0.2, 0.25) is 0 Å². The molecule has 2 aliphatic heterocycles. The van der Waals surface area contributed by atoms with E-state index in [1.165, 1.54) is 11.8 Å². The molecule has 0 atom stereocenters. The zero-order chi connectivity index (χ0) is 19.1. The van der Waals surface area contributed by atoms with Crippen molar-refractivity contribution in [3.8, 4) is 0 Å². The average Bonchev–Trinajstić information content (AvgIpc) is 2.57. The minimum absolute atomic E-state index is 0.0524. The summed E-state index contributed by atoms with van der Waals surface area (Å²) >= 11 is 1.31. The molecule has 2 N–H and O–H groups in total. The highest BCUT2D eigenvalue weighted by Gasteiger charge is 2.33. The number of likely N-dealkylation sites (N-methyl/N-ethyl adjacent to an activating group) is 1. The Balaban J connectivity index is 0.000000254. The monoisotopic (exact) mass is 375 g/mol. The molecule has 0 radical (unpaired) electrons. The number of rotatable bonds is 2. The molecule has 140 valence electrons. The van der Waals surface area contributed by atoms with E-state index >= 15 is 0 Å². The highest BCUT2D eigenvalue weighted by atomic mass is 32.2. The Labute approximate surface area is 158 Å². The first-order valence-electron chi connectivity index (χ1n) is 8.29. The summed E-state index contributed by atoms with van der Waals surface area (Å²) in [5.74, 6) is 0. The number of nitrogens with zero attached hydrogens (tertiary/aromatic N) is 4. The van der Waals surface area contributed by atoms with Gasteiger partial charge in [-0.3, -0.25) is 14.7 Å². The molecule has 8 heteroatoms. The molecule has 3 heterocycles. The number of allylic oxidation sites excluding steroid dienone is 2. The number of urea groups is 1. The average molecular weight is 375 g/mol. The van der Waals surface area contributed by atoms with Gasteiger partial charge in [-0.05, 0) is 30.5 Å². The minimum atomic E-state index is -0.0524. The maximum absolute atomic E-state index is 12.1. The van der Waals surface area contributed by atoms with Gasteiger partial charge in [0.15, 0.2) is 5.12 Å². The molecule has 1 aromatic heterocycles. The van der Waals surface area contributed by atoms with Crippen LogP contribution < -0.4 is 10.6 Å². The number of carbonyl (C=O) groups excluding carboxylic acids is 2. The molecule has 2 aliphatic rings. The maximum Gasteiger partial charge on any atom is 0.324 e. The van der Waals surface area contributed by atoms with Crippen LogP contribution in [0.15, 0.2) is 48.6 Å². The molecule has 0 spiro atoms. The van der Waals surface area contributed by atoms with Crippen LogP contribution in [-0.4, -0.2) is 64.9 Å². The summed E-state index contributed by atoms with van der Waals surface area (Å²) in [4.78, 5) is 32.3. The van der Waals surface area contributed by atoms with Gasteiger partial charge in [-0.25, -0.2) is 4.79 Å². The second kappa shape index (κ2) is 9.28. The third-order valence-corrected chi connectivity index (χ3v) is 4.82. The van der Waals surface area contributed by atoms with E-state index in [0.717, 1.165) is 17.9 Å². The Morgan fingerprint density at radius 1 is 1.38 bits per heavy atom. The largest absolute Gasteiger partial charge is 0.401 e. The molecule has 7 nitrogen and oxygen atoms in total. The van der Waals surface area contributed by atoms with Crippen LogP contribution in [0.25, 0.3) is 0 Å². The molecule has 1 saturated heterocycles. The molecule has 0 aliphatic carbocycles. The molecular formula is C18H25N5O2S. The van der Waals surface area contributed by atoms with E-state index in [9.17, 15) is 9.59 Å². The third-order valence-electron chi connectivity index (χ3n) is 3.85. The Morgan fingerprint density at radius 2 is 2.12 bits per heavy atom. The van der Waals surface area contributed by atoms with Gasteiger partial charge < -0.3 is 15.5 Å². The van der Waals surface area contributed by atoms with Gasteiger partial charge in [-0.2, -0.15) is 0 Å². The molecular weight excluding hydrogens is 350 g/mol. The lowest BCUT2D eigenvalue weighted by atomic mass is 10.2. The molecule has 3 rings (SSSR count). The fourth-order valence-electron chi connectivity index (χ4n) is 2.49. The van der Waals surface area contributed by atoms with Crippen molar-refractivity contribution in [3.63, 3.8) is 0 Å². The molecule has 0 bridgehead atoms. The van der Waals surface area contributed by atoms with Crippen LogP contribution in [0.4, 0.5) is 10.5 Å². The molecule has 1 aromatic rings. The van der Waals surface area contributed by atoms with Gasteiger partial charge in [0.25, 0.3) is 0 Å². The summed E-state index contributed by atoms with van der Waals surface area (Å²) in [5, 5.41) is 0.349. The number of hydrogen-bond donors (Lipinski definition) is 1. The number of carbonyl (C=O) groups is 2. The van der Waals surface area contributed by atoms with Gasteiger partial charge in [0.1, 0.15) is 0 Å². The number of anilines is 1. The van der Waals surface area contributed by atoms with Crippen molar-refractivity contribution in [1.29, 1.82) is 0 Å². The van der Waals surface area contributed by atoms with Crippen LogP contribution in [0.2, 0.25) is 0 Å². The number of hydrogen-bond acceptors (Lipinski definition) is 6. The van der Waals surface area contributed by atoms with E-state index in [1.54, 1.807) is 42.2 Å². The summed E-state index contributed by atoms with van der Waals surface area (Å²) < 4.78 is 0. The molecule has 0 saturated carbocycles. The zero-order valence-corrected chi connectivity index (χ0v) is 16.1. The van der Waals surface area contributed by atoms with Crippen LogP contribution in [0.1, 0.15) is 6.92 Å². The summed E-state index contributed by atoms with van der Waals surface area (Å²) in [7, 11) is 3.72. The van der Waals surface area contributed by atoms with Crippen molar-refractivity contribution in [3.05, 3.63) is 48.6 Å². The Bertz CT molecular complexity index is 686. The quantitative estimate of drug-likeness (QED) is 0.850. The SMILES string of the molecule is CC(=O)SC1CN(C(=O)N(C)c2cccnc2)C1.CN1C=CC=C(N)C1. The number of nitrogens with two attached hydrogens (primary N) is 1. The van der Waals surface area contributed by atoms with E-state index in [-0.39, 0.29) is 16.4 Å². The maximum atomic E-state index is 12.1. The topological polar surface area (TPSA) is 82.8 Å². The van der Waals surface area contributed by atoms with E-state index in [0.29, 0.717) is 13.1 Å². The fraction of sp³-hybridized carbons (Fsp3) is 0.389. The highest BCUT2D eigenvalue weighted by Crippen LogP contribution is 2.24. The van der Waals surface area contributed by atoms with Crippen molar-refractivity contribution in [2.45, 2.75) is 12.2 Å². The van der Waals surface area contributed by atoms with Crippen molar-refractivity contribution in [2.75, 3.05) is 38.6 Å². The number of pyridine rings is 1. The predicted octanol–water partition coefficient (Wildman–Crippen LogP) is 1.89. The summed E-state index contributed by atoms with van der Waals surface area (Å²) in [5.41, 5.74) is 7.19. The van der Waals surface area contributed by atoms with Crippen molar-refractivity contribution in [1.82, 2.24) is 14.8 Å². The summed E-state index contributed by atoms with van der Waals surface area (Å²) in [6, 6.07) is 3.58. The lowest BCUT2D eigenvalue weighted by Gasteiger charge is -2.40. The van der Waals surface area contributed by atoms with E-state index < -0.39 is 0 Å².